The van der Waals surface area contributed by atoms with Crippen molar-refractivity contribution in [2.24, 2.45) is 5.73 Å². The summed E-state index contributed by atoms with van der Waals surface area (Å²) in [5.74, 6) is 1.28. The van der Waals surface area contributed by atoms with Crippen LogP contribution in [0, 0.1) is 5.82 Å². The van der Waals surface area contributed by atoms with Gasteiger partial charge in [-0.1, -0.05) is 11.2 Å². The Balaban J connectivity index is 1.61. The third-order valence-electron chi connectivity index (χ3n) is 3.32. The highest BCUT2D eigenvalue weighted by Crippen LogP contribution is 2.38. The number of aromatic nitrogens is 2. The molecule has 2 aromatic rings. The molecule has 1 atom stereocenters. The first-order valence-electron chi connectivity index (χ1n) is 7.11. The van der Waals surface area contributed by atoms with Crippen molar-refractivity contribution in [3.63, 3.8) is 0 Å². The molecule has 1 aromatic carbocycles. The van der Waals surface area contributed by atoms with Gasteiger partial charge in [-0.2, -0.15) is 4.98 Å². The molecule has 5 nitrogen and oxygen atoms in total. The van der Waals surface area contributed by atoms with Crippen molar-refractivity contribution in [1.82, 2.24) is 10.1 Å². The lowest BCUT2D eigenvalue weighted by molar-refractivity contribution is 0.272. The van der Waals surface area contributed by atoms with Gasteiger partial charge in [0.05, 0.1) is 0 Å². The predicted molar refractivity (Wildman–Crippen MR) is 74.4 cm³/mol. The molecule has 1 aliphatic carbocycles. The standard InChI is InChI=1S/C15H18FN3O2/c1-9(17)6-10-2-5-13(12(16)7-10)20-8-14-18-15(21-19-14)11-3-4-11/h2,5,7,9,11H,3-4,6,8,17H2,1H3. The average Bonchev–Trinajstić information content (AvgIpc) is 3.17. The summed E-state index contributed by atoms with van der Waals surface area (Å²) in [6, 6.07) is 4.86. The van der Waals surface area contributed by atoms with Gasteiger partial charge in [-0.3, -0.25) is 0 Å². The summed E-state index contributed by atoms with van der Waals surface area (Å²) in [6.45, 7) is 1.98. The van der Waals surface area contributed by atoms with Gasteiger partial charge < -0.3 is 15.0 Å². The van der Waals surface area contributed by atoms with Gasteiger partial charge in [0.1, 0.15) is 0 Å². The zero-order chi connectivity index (χ0) is 14.8. The Kier molecular flexibility index (Phi) is 3.88. The number of nitrogens with two attached hydrogens (primary N) is 1. The van der Waals surface area contributed by atoms with Gasteiger partial charge in [0.15, 0.2) is 18.2 Å². The Morgan fingerprint density at radius 2 is 2.29 bits per heavy atom. The summed E-state index contributed by atoms with van der Waals surface area (Å²) < 4.78 is 24.4. The number of ether oxygens (including phenoxy) is 1. The topological polar surface area (TPSA) is 74.2 Å². The third-order valence-corrected chi connectivity index (χ3v) is 3.32. The lowest BCUT2D eigenvalue weighted by Crippen LogP contribution is -2.17. The van der Waals surface area contributed by atoms with E-state index >= 15 is 0 Å². The number of hydrogen-bond acceptors (Lipinski definition) is 5. The van der Waals surface area contributed by atoms with E-state index in [2.05, 4.69) is 10.1 Å². The van der Waals surface area contributed by atoms with Crippen LogP contribution in [0.15, 0.2) is 22.7 Å². The Hall–Kier alpha value is -1.95. The van der Waals surface area contributed by atoms with E-state index in [0.29, 0.717) is 24.1 Å². The molecule has 1 saturated carbocycles. The van der Waals surface area contributed by atoms with Crippen molar-refractivity contribution >= 4 is 0 Å². The van der Waals surface area contributed by atoms with Crippen LogP contribution < -0.4 is 10.5 Å². The fourth-order valence-corrected chi connectivity index (χ4v) is 2.12. The van der Waals surface area contributed by atoms with Crippen molar-refractivity contribution in [3.8, 4) is 5.75 Å². The van der Waals surface area contributed by atoms with Crippen LogP contribution in [0.3, 0.4) is 0 Å². The Bertz CT molecular complexity index is 623. The minimum atomic E-state index is -0.404. The molecule has 0 saturated heterocycles. The molecule has 1 aromatic heterocycles. The lowest BCUT2D eigenvalue weighted by Gasteiger charge is -2.08. The van der Waals surface area contributed by atoms with Crippen LogP contribution in [0.5, 0.6) is 5.75 Å². The van der Waals surface area contributed by atoms with E-state index in [1.54, 1.807) is 6.07 Å². The predicted octanol–water partition coefficient (Wildman–Crippen LogP) is 2.55. The summed E-state index contributed by atoms with van der Waals surface area (Å²) in [5.41, 5.74) is 6.55. The SMILES string of the molecule is CC(N)Cc1ccc(OCc2noc(C3CC3)n2)c(F)c1. The zero-order valence-electron chi connectivity index (χ0n) is 11.9. The number of benzene rings is 1. The van der Waals surface area contributed by atoms with E-state index in [1.165, 1.54) is 6.07 Å². The number of rotatable bonds is 6. The number of halogens is 1. The van der Waals surface area contributed by atoms with E-state index in [4.69, 9.17) is 15.0 Å². The van der Waals surface area contributed by atoms with Crippen LogP contribution in [-0.4, -0.2) is 16.2 Å². The monoisotopic (exact) mass is 291 g/mol. The molecule has 0 spiro atoms. The summed E-state index contributed by atoms with van der Waals surface area (Å²) in [7, 11) is 0. The van der Waals surface area contributed by atoms with Gasteiger partial charge in [0.2, 0.25) is 11.7 Å². The Morgan fingerprint density at radius 1 is 1.48 bits per heavy atom. The highest BCUT2D eigenvalue weighted by Gasteiger charge is 2.29. The molecular formula is C15H18FN3O2. The molecule has 0 aliphatic heterocycles. The second-order valence-corrected chi connectivity index (χ2v) is 5.56. The molecule has 1 heterocycles. The second-order valence-electron chi connectivity index (χ2n) is 5.56. The maximum Gasteiger partial charge on any atom is 0.229 e. The fraction of sp³-hybridized carbons (Fsp3) is 0.467. The molecular weight excluding hydrogens is 273 g/mol. The number of nitrogens with zero attached hydrogens (tertiary/aromatic N) is 2. The molecule has 1 unspecified atom stereocenters. The summed E-state index contributed by atoms with van der Waals surface area (Å²) in [6.07, 6.45) is 2.82. The van der Waals surface area contributed by atoms with Crippen molar-refractivity contribution < 1.29 is 13.7 Å². The Labute approximate surface area is 122 Å². The molecule has 1 aliphatic rings. The maximum absolute atomic E-state index is 13.9. The molecule has 0 radical (unpaired) electrons. The first kappa shape index (κ1) is 14.0. The van der Waals surface area contributed by atoms with Gasteiger partial charge in [-0.05, 0) is 43.9 Å². The van der Waals surface area contributed by atoms with Crippen molar-refractivity contribution in [3.05, 3.63) is 41.3 Å². The van der Waals surface area contributed by atoms with Crippen LogP contribution in [-0.2, 0) is 13.0 Å². The second kappa shape index (κ2) is 5.81. The van der Waals surface area contributed by atoms with Crippen LogP contribution in [0.25, 0.3) is 0 Å². The van der Waals surface area contributed by atoms with E-state index in [-0.39, 0.29) is 18.4 Å². The summed E-state index contributed by atoms with van der Waals surface area (Å²) in [5, 5.41) is 3.83. The summed E-state index contributed by atoms with van der Waals surface area (Å²) in [4.78, 5) is 4.23. The smallest absolute Gasteiger partial charge is 0.229 e. The van der Waals surface area contributed by atoms with Crippen LogP contribution in [0.2, 0.25) is 0 Å². The van der Waals surface area contributed by atoms with Crippen LogP contribution >= 0.6 is 0 Å². The molecule has 0 bridgehead atoms. The van der Waals surface area contributed by atoms with Crippen molar-refractivity contribution in [2.45, 2.75) is 44.8 Å². The van der Waals surface area contributed by atoms with Gasteiger partial charge >= 0.3 is 0 Å². The average molecular weight is 291 g/mol. The molecule has 1 fully saturated rings. The van der Waals surface area contributed by atoms with Gasteiger partial charge in [0.25, 0.3) is 0 Å². The van der Waals surface area contributed by atoms with E-state index in [0.717, 1.165) is 18.4 Å². The van der Waals surface area contributed by atoms with Gasteiger partial charge in [-0.15, -0.1) is 0 Å². The molecule has 2 N–H and O–H groups in total. The van der Waals surface area contributed by atoms with Crippen molar-refractivity contribution in [2.75, 3.05) is 0 Å². The Morgan fingerprint density at radius 3 is 2.95 bits per heavy atom. The van der Waals surface area contributed by atoms with E-state index in [9.17, 15) is 4.39 Å². The van der Waals surface area contributed by atoms with Crippen molar-refractivity contribution in [1.29, 1.82) is 0 Å². The highest BCUT2D eigenvalue weighted by atomic mass is 19.1. The van der Waals surface area contributed by atoms with Gasteiger partial charge in [0, 0.05) is 12.0 Å². The van der Waals surface area contributed by atoms with Crippen LogP contribution in [0.4, 0.5) is 4.39 Å². The van der Waals surface area contributed by atoms with E-state index < -0.39 is 5.82 Å². The highest BCUT2D eigenvalue weighted by molar-refractivity contribution is 5.29. The third kappa shape index (κ3) is 3.58. The molecule has 6 heteroatoms. The molecule has 3 rings (SSSR count). The zero-order valence-corrected chi connectivity index (χ0v) is 11.9. The molecule has 0 amide bonds. The minimum Gasteiger partial charge on any atom is -0.482 e. The largest absolute Gasteiger partial charge is 0.482 e. The molecule has 21 heavy (non-hydrogen) atoms. The normalized spacial score (nSPS) is 16.0. The summed E-state index contributed by atoms with van der Waals surface area (Å²) >= 11 is 0. The quantitative estimate of drug-likeness (QED) is 0.885. The van der Waals surface area contributed by atoms with Gasteiger partial charge in [-0.25, -0.2) is 4.39 Å². The molecule has 112 valence electrons. The maximum atomic E-state index is 13.9. The first-order valence-corrected chi connectivity index (χ1v) is 7.11. The lowest BCUT2D eigenvalue weighted by atomic mass is 10.1. The minimum absolute atomic E-state index is 0.00339. The number of hydrogen-bond donors (Lipinski definition) is 1. The van der Waals surface area contributed by atoms with Crippen LogP contribution in [0.1, 0.15) is 43.0 Å². The first-order chi connectivity index (χ1) is 10.1. The fourth-order valence-electron chi connectivity index (χ4n) is 2.12. The van der Waals surface area contributed by atoms with E-state index in [1.807, 2.05) is 13.0 Å².